The summed E-state index contributed by atoms with van der Waals surface area (Å²) in [6.07, 6.45) is 0. The van der Waals surface area contributed by atoms with Gasteiger partial charge in [-0.2, -0.15) is 0 Å². The maximum atomic E-state index is 4.49. The van der Waals surface area contributed by atoms with Gasteiger partial charge in [0.05, 0.1) is 12.6 Å². The van der Waals surface area contributed by atoms with E-state index < -0.39 is 0 Å². The molecule has 0 bridgehead atoms. The molecule has 2 heterocycles. The first-order valence-corrected chi connectivity index (χ1v) is 5.05. The third kappa shape index (κ3) is 1.67. The van der Waals surface area contributed by atoms with E-state index in [1.165, 1.54) is 5.56 Å². The summed E-state index contributed by atoms with van der Waals surface area (Å²) in [5, 5.41) is 3.29. The van der Waals surface area contributed by atoms with Gasteiger partial charge in [-0.05, 0) is 5.56 Å². The van der Waals surface area contributed by atoms with Crippen molar-refractivity contribution in [3.8, 4) is 0 Å². The summed E-state index contributed by atoms with van der Waals surface area (Å²) in [6, 6.07) is 11.1. The maximum Gasteiger partial charge on any atom is 0.194 e. The van der Waals surface area contributed by atoms with Crippen LogP contribution in [0.15, 0.2) is 35.3 Å². The third-order valence-electron chi connectivity index (χ3n) is 2.88. The summed E-state index contributed by atoms with van der Waals surface area (Å²) in [5.41, 5.74) is 1.37. The standard InChI is InChI=1S/C11H13N3.ClH/c1-2-4-9(5-3-1)10-8-13-11-12-6-7-14(10)11;/h1-5,10H,6-8H2,(H,12,13);1H. The lowest BCUT2D eigenvalue weighted by molar-refractivity contribution is 0.381. The Morgan fingerprint density at radius 3 is 2.87 bits per heavy atom. The highest BCUT2D eigenvalue weighted by Gasteiger charge is 2.31. The van der Waals surface area contributed by atoms with Crippen LogP contribution in [0.1, 0.15) is 11.6 Å². The Labute approximate surface area is 95.6 Å². The second kappa shape index (κ2) is 4.11. The molecule has 1 unspecified atom stereocenters. The Balaban J connectivity index is 0.000000853. The monoisotopic (exact) mass is 223 g/mol. The van der Waals surface area contributed by atoms with E-state index in [1.807, 2.05) is 0 Å². The second-order valence-corrected chi connectivity index (χ2v) is 3.71. The van der Waals surface area contributed by atoms with Gasteiger partial charge in [0.1, 0.15) is 0 Å². The van der Waals surface area contributed by atoms with Crippen LogP contribution in [0.3, 0.4) is 0 Å². The minimum Gasteiger partial charge on any atom is -0.354 e. The van der Waals surface area contributed by atoms with E-state index >= 15 is 0 Å². The van der Waals surface area contributed by atoms with Crippen molar-refractivity contribution >= 4 is 18.4 Å². The van der Waals surface area contributed by atoms with Crippen LogP contribution in [-0.2, 0) is 0 Å². The zero-order valence-electron chi connectivity index (χ0n) is 8.39. The Morgan fingerprint density at radius 2 is 2.07 bits per heavy atom. The summed E-state index contributed by atoms with van der Waals surface area (Å²) < 4.78 is 0. The number of nitrogens with zero attached hydrogens (tertiary/aromatic N) is 2. The highest BCUT2D eigenvalue weighted by Crippen LogP contribution is 2.26. The fourth-order valence-electron chi connectivity index (χ4n) is 2.18. The van der Waals surface area contributed by atoms with Gasteiger partial charge < -0.3 is 10.2 Å². The molecule has 0 amide bonds. The number of aliphatic imine (C=N–C) groups is 1. The predicted molar refractivity (Wildman–Crippen MR) is 63.4 cm³/mol. The van der Waals surface area contributed by atoms with Gasteiger partial charge in [-0.25, -0.2) is 0 Å². The Kier molecular flexibility index (Phi) is 2.82. The van der Waals surface area contributed by atoms with Crippen molar-refractivity contribution in [3.63, 3.8) is 0 Å². The molecule has 1 atom stereocenters. The number of nitrogens with one attached hydrogen (secondary N) is 1. The van der Waals surface area contributed by atoms with E-state index in [2.05, 4.69) is 45.5 Å². The highest BCUT2D eigenvalue weighted by molar-refractivity contribution is 5.85. The topological polar surface area (TPSA) is 27.6 Å². The van der Waals surface area contributed by atoms with Crippen LogP contribution >= 0.6 is 12.4 Å². The molecule has 2 aliphatic rings. The molecule has 3 nitrogen and oxygen atoms in total. The lowest BCUT2D eigenvalue weighted by Gasteiger charge is -2.21. The van der Waals surface area contributed by atoms with Crippen LogP contribution in [-0.4, -0.2) is 30.5 Å². The van der Waals surface area contributed by atoms with Crippen LogP contribution < -0.4 is 5.32 Å². The predicted octanol–water partition coefficient (Wildman–Crippen LogP) is 1.42. The largest absolute Gasteiger partial charge is 0.354 e. The maximum absolute atomic E-state index is 4.49. The first kappa shape index (κ1) is 10.3. The lowest BCUT2D eigenvalue weighted by Crippen LogP contribution is -2.28. The number of benzene rings is 1. The quantitative estimate of drug-likeness (QED) is 0.780. The van der Waals surface area contributed by atoms with Crippen molar-refractivity contribution < 1.29 is 0 Å². The van der Waals surface area contributed by atoms with Crippen LogP contribution in [0.4, 0.5) is 0 Å². The number of halogens is 1. The molecule has 80 valence electrons. The van der Waals surface area contributed by atoms with Gasteiger partial charge in [0.25, 0.3) is 0 Å². The fraction of sp³-hybridized carbons (Fsp3) is 0.364. The van der Waals surface area contributed by atoms with Crippen molar-refractivity contribution in [2.45, 2.75) is 6.04 Å². The van der Waals surface area contributed by atoms with Gasteiger partial charge in [-0.15, -0.1) is 12.4 Å². The average Bonchev–Trinajstić information content (AvgIpc) is 2.79. The molecule has 1 aromatic carbocycles. The van der Waals surface area contributed by atoms with Gasteiger partial charge in [-0.3, -0.25) is 4.99 Å². The summed E-state index contributed by atoms with van der Waals surface area (Å²) >= 11 is 0. The van der Waals surface area contributed by atoms with Gasteiger partial charge in [0.15, 0.2) is 5.96 Å². The second-order valence-electron chi connectivity index (χ2n) is 3.71. The van der Waals surface area contributed by atoms with E-state index in [0.717, 1.165) is 25.6 Å². The van der Waals surface area contributed by atoms with Gasteiger partial charge in [0.2, 0.25) is 0 Å². The van der Waals surface area contributed by atoms with Gasteiger partial charge in [0, 0.05) is 13.1 Å². The molecular formula is C11H14ClN3. The normalized spacial score (nSPS) is 22.8. The molecule has 2 aliphatic heterocycles. The molecule has 1 N–H and O–H groups in total. The third-order valence-corrected chi connectivity index (χ3v) is 2.88. The van der Waals surface area contributed by atoms with E-state index in [-0.39, 0.29) is 12.4 Å². The Bertz CT molecular complexity index is 363. The molecule has 1 aromatic rings. The number of fused-ring (bicyclic) bond motifs is 1. The first-order chi connectivity index (χ1) is 6.95. The zero-order chi connectivity index (χ0) is 9.38. The molecule has 0 saturated carbocycles. The molecule has 0 radical (unpaired) electrons. The van der Waals surface area contributed by atoms with E-state index in [4.69, 9.17) is 0 Å². The molecule has 0 aromatic heterocycles. The zero-order valence-corrected chi connectivity index (χ0v) is 9.20. The average molecular weight is 224 g/mol. The molecule has 0 aliphatic carbocycles. The van der Waals surface area contributed by atoms with Crippen LogP contribution in [0.2, 0.25) is 0 Å². The van der Waals surface area contributed by atoms with Crippen LogP contribution in [0.25, 0.3) is 0 Å². The minimum absolute atomic E-state index is 0. The van der Waals surface area contributed by atoms with Crippen LogP contribution in [0.5, 0.6) is 0 Å². The number of hydrogen-bond acceptors (Lipinski definition) is 3. The number of rotatable bonds is 1. The SMILES string of the molecule is Cl.c1ccc(C2CN=C3NCCN32)cc1. The summed E-state index contributed by atoms with van der Waals surface area (Å²) in [4.78, 5) is 6.84. The summed E-state index contributed by atoms with van der Waals surface area (Å²) in [7, 11) is 0. The van der Waals surface area contributed by atoms with E-state index in [0.29, 0.717) is 6.04 Å². The number of guanidine groups is 1. The van der Waals surface area contributed by atoms with Crippen molar-refractivity contribution in [1.29, 1.82) is 0 Å². The fourth-order valence-corrected chi connectivity index (χ4v) is 2.18. The molecule has 3 rings (SSSR count). The van der Waals surface area contributed by atoms with E-state index in [9.17, 15) is 0 Å². The van der Waals surface area contributed by atoms with E-state index in [1.54, 1.807) is 0 Å². The minimum atomic E-state index is 0. The molecule has 1 saturated heterocycles. The van der Waals surface area contributed by atoms with Gasteiger partial charge >= 0.3 is 0 Å². The molecule has 15 heavy (non-hydrogen) atoms. The molecule has 4 heteroatoms. The van der Waals surface area contributed by atoms with Crippen molar-refractivity contribution in [2.24, 2.45) is 4.99 Å². The lowest BCUT2D eigenvalue weighted by atomic mass is 10.1. The molecule has 1 fully saturated rings. The van der Waals surface area contributed by atoms with Gasteiger partial charge in [-0.1, -0.05) is 30.3 Å². The van der Waals surface area contributed by atoms with Crippen molar-refractivity contribution in [1.82, 2.24) is 10.2 Å². The Morgan fingerprint density at radius 1 is 1.27 bits per heavy atom. The van der Waals surface area contributed by atoms with Crippen LogP contribution in [0, 0.1) is 0 Å². The highest BCUT2D eigenvalue weighted by atomic mass is 35.5. The smallest absolute Gasteiger partial charge is 0.194 e. The molecule has 0 spiro atoms. The van der Waals surface area contributed by atoms with Crippen molar-refractivity contribution in [2.75, 3.05) is 19.6 Å². The van der Waals surface area contributed by atoms with Crippen molar-refractivity contribution in [3.05, 3.63) is 35.9 Å². The Hall–Kier alpha value is -1.22. The first-order valence-electron chi connectivity index (χ1n) is 5.05. The molecular weight excluding hydrogens is 210 g/mol. The summed E-state index contributed by atoms with van der Waals surface area (Å²) in [6.45, 7) is 3.01. The number of hydrogen-bond donors (Lipinski definition) is 1. The summed E-state index contributed by atoms with van der Waals surface area (Å²) in [5.74, 6) is 1.08.